The van der Waals surface area contributed by atoms with Crippen LogP contribution in [0, 0.1) is 87.3 Å². The van der Waals surface area contributed by atoms with Crippen molar-refractivity contribution >= 4 is 33.8 Å². The molecule has 0 aliphatic carbocycles. The van der Waals surface area contributed by atoms with Gasteiger partial charge in [0.2, 0.25) is 5.69 Å². The molecule has 1 aliphatic heterocycles. The lowest BCUT2D eigenvalue weighted by Gasteiger charge is -2.42. The van der Waals surface area contributed by atoms with Crippen molar-refractivity contribution in [2.45, 2.75) is 6.42 Å². The highest BCUT2D eigenvalue weighted by atomic mass is 19.2. The Morgan fingerprint density at radius 2 is 0.705 bits per heavy atom. The van der Waals surface area contributed by atoms with Crippen LogP contribution < -0.4 is 16.4 Å². The third-order valence-corrected chi connectivity index (χ3v) is 7.69. The molecule has 1 heterocycles. The predicted molar refractivity (Wildman–Crippen MR) is 124 cm³/mol. The molecule has 0 saturated heterocycles. The second kappa shape index (κ2) is 10.3. The van der Waals surface area contributed by atoms with E-state index in [2.05, 4.69) is 0 Å². The van der Waals surface area contributed by atoms with Crippen molar-refractivity contribution in [1.29, 1.82) is 0 Å². The molecule has 0 spiro atoms. The Morgan fingerprint density at radius 3 is 1.00 bits per heavy atom. The van der Waals surface area contributed by atoms with Crippen LogP contribution in [0.15, 0.2) is 24.3 Å². The SMILES string of the molecule is C[N+]1=C([B-](c2c(F)c(F)c(F)c(F)c2F)(c2c(F)c(F)c(F)c(F)c2F)c2c(F)c(F)c(F)c(F)c2F)Cc2ccccc21. The van der Waals surface area contributed by atoms with E-state index < -0.39 is 122 Å². The highest BCUT2D eigenvalue weighted by molar-refractivity contribution is 7.30. The number of hydrogen-bond acceptors (Lipinski definition) is 0. The van der Waals surface area contributed by atoms with Gasteiger partial charge in [0.15, 0.2) is 58.5 Å². The molecule has 5 rings (SSSR count). The maximum absolute atomic E-state index is 15.7. The summed E-state index contributed by atoms with van der Waals surface area (Å²) in [5.74, 6) is -45.3. The van der Waals surface area contributed by atoms with Crippen LogP contribution in [-0.2, 0) is 6.42 Å². The van der Waals surface area contributed by atoms with Gasteiger partial charge in [-0.2, -0.15) is 0 Å². The highest BCUT2D eigenvalue weighted by Gasteiger charge is 2.55. The van der Waals surface area contributed by atoms with Crippen LogP contribution in [0.1, 0.15) is 5.56 Å². The van der Waals surface area contributed by atoms with Crippen molar-refractivity contribution in [3.05, 3.63) is 117 Å². The van der Waals surface area contributed by atoms with Gasteiger partial charge in [-0.05, 0) is 0 Å². The average Bonchev–Trinajstić information content (AvgIpc) is 3.35. The fourth-order valence-electron chi connectivity index (χ4n) is 5.84. The summed E-state index contributed by atoms with van der Waals surface area (Å²) < 4.78 is 226. The second-order valence-electron chi connectivity index (χ2n) is 9.67. The first-order valence-corrected chi connectivity index (χ1v) is 11.9. The predicted octanol–water partition coefficient (Wildman–Crippen LogP) is 5.75. The van der Waals surface area contributed by atoms with E-state index in [0.717, 1.165) is 19.2 Å². The van der Waals surface area contributed by atoms with E-state index in [-0.39, 0.29) is 11.3 Å². The molecule has 1 aliphatic rings. The quantitative estimate of drug-likeness (QED) is 0.0877. The van der Waals surface area contributed by atoms with Gasteiger partial charge in [0.25, 0.3) is 0 Å². The lowest BCUT2D eigenvalue weighted by atomic mass is 9.12. The van der Waals surface area contributed by atoms with Gasteiger partial charge in [-0.15, -0.1) is 16.4 Å². The van der Waals surface area contributed by atoms with Crippen LogP contribution in [0.25, 0.3) is 0 Å². The van der Waals surface area contributed by atoms with Gasteiger partial charge in [-0.25, -0.2) is 70.4 Å². The Kier molecular flexibility index (Phi) is 7.28. The summed E-state index contributed by atoms with van der Waals surface area (Å²) in [6.45, 7) is 0. The van der Waals surface area contributed by atoms with Crippen molar-refractivity contribution in [2.24, 2.45) is 0 Å². The minimum atomic E-state index is -5.78. The summed E-state index contributed by atoms with van der Waals surface area (Å²) in [5.41, 5.74) is -9.49. The summed E-state index contributed by atoms with van der Waals surface area (Å²) in [6, 6.07) is 4.82. The topological polar surface area (TPSA) is 3.01 Å². The third kappa shape index (κ3) is 3.83. The number of halogens is 15. The average molecular weight is 643 g/mol. The number of rotatable bonds is 4. The zero-order valence-corrected chi connectivity index (χ0v) is 21.2. The third-order valence-electron chi connectivity index (χ3n) is 7.69. The molecule has 0 saturated carbocycles. The van der Waals surface area contributed by atoms with Crippen LogP contribution in [0.2, 0.25) is 0 Å². The van der Waals surface area contributed by atoms with Crippen LogP contribution in [-0.4, -0.2) is 23.4 Å². The molecular formula is C27H9BF15N. The highest BCUT2D eigenvalue weighted by Crippen LogP contribution is 2.34. The minimum Gasteiger partial charge on any atom is -0.239 e. The van der Waals surface area contributed by atoms with E-state index in [9.17, 15) is 39.5 Å². The smallest absolute Gasteiger partial charge is 0.205 e. The molecule has 44 heavy (non-hydrogen) atoms. The molecule has 4 aromatic rings. The fourth-order valence-corrected chi connectivity index (χ4v) is 5.84. The molecule has 230 valence electrons. The molecule has 1 nitrogen and oxygen atoms in total. The first-order valence-electron chi connectivity index (χ1n) is 11.9. The van der Waals surface area contributed by atoms with Gasteiger partial charge >= 0.3 is 0 Å². The maximum Gasteiger partial charge on any atom is 0.205 e. The zero-order chi connectivity index (χ0) is 32.7. The van der Waals surface area contributed by atoms with Gasteiger partial charge in [-0.3, -0.25) is 0 Å². The number of nitrogens with zero attached hydrogens (tertiary/aromatic N) is 1. The summed E-state index contributed by atoms with van der Waals surface area (Å²) in [4.78, 5) is 0. The maximum atomic E-state index is 15.7. The normalized spacial score (nSPS) is 13.3. The van der Waals surface area contributed by atoms with Crippen molar-refractivity contribution in [3.63, 3.8) is 0 Å². The Morgan fingerprint density at radius 1 is 0.432 bits per heavy atom. The van der Waals surface area contributed by atoms with Crippen LogP contribution >= 0.6 is 0 Å². The monoisotopic (exact) mass is 643 g/mol. The summed E-state index contributed by atoms with van der Waals surface area (Å²) in [6.07, 6.45) is -6.84. The summed E-state index contributed by atoms with van der Waals surface area (Å²) in [5, 5.41) is 0. The van der Waals surface area contributed by atoms with E-state index in [0.29, 0.717) is 4.58 Å². The largest absolute Gasteiger partial charge is 0.239 e. The van der Waals surface area contributed by atoms with Gasteiger partial charge in [0.05, 0.1) is 0 Å². The molecule has 0 unspecified atom stereocenters. The first kappa shape index (κ1) is 31.0. The van der Waals surface area contributed by atoms with Gasteiger partial charge < -0.3 is 0 Å². The van der Waals surface area contributed by atoms with E-state index in [1.807, 2.05) is 0 Å². The van der Waals surface area contributed by atoms with Crippen molar-refractivity contribution in [3.8, 4) is 0 Å². The van der Waals surface area contributed by atoms with E-state index in [1.165, 1.54) is 12.1 Å². The Bertz CT molecular complexity index is 1720. The molecule has 0 bridgehead atoms. The number of benzene rings is 4. The van der Waals surface area contributed by atoms with E-state index in [4.69, 9.17) is 0 Å². The van der Waals surface area contributed by atoms with Crippen molar-refractivity contribution in [1.82, 2.24) is 0 Å². The van der Waals surface area contributed by atoms with Crippen molar-refractivity contribution < 1.29 is 70.4 Å². The fraction of sp³-hybridized carbons (Fsp3) is 0.0741. The Balaban J connectivity index is 2.25. The van der Waals surface area contributed by atoms with E-state index >= 15 is 26.3 Å². The van der Waals surface area contributed by atoms with Crippen molar-refractivity contribution in [2.75, 3.05) is 7.05 Å². The van der Waals surface area contributed by atoms with Gasteiger partial charge in [0.1, 0.15) is 42.0 Å². The lowest BCUT2D eigenvalue weighted by molar-refractivity contribution is -0.399. The molecule has 0 fully saturated rings. The number of hydrogen-bond donors (Lipinski definition) is 0. The van der Waals surface area contributed by atoms with E-state index in [1.54, 1.807) is 0 Å². The molecule has 0 aromatic heterocycles. The molecule has 0 radical (unpaired) electrons. The molecular weight excluding hydrogens is 634 g/mol. The number of para-hydroxylation sites is 1. The molecule has 0 N–H and O–H groups in total. The van der Waals surface area contributed by atoms with Gasteiger partial charge in [0, 0.05) is 23.7 Å². The summed E-state index contributed by atoms with van der Waals surface area (Å²) in [7, 11) is 0.821. The molecule has 17 heteroatoms. The lowest BCUT2D eigenvalue weighted by Crippen LogP contribution is -2.78. The first-order chi connectivity index (χ1) is 20.5. The van der Waals surface area contributed by atoms with Crippen LogP contribution in [0.4, 0.5) is 71.5 Å². The zero-order valence-electron chi connectivity index (χ0n) is 21.2. The van der Waals surface area contributed by atoms with Crippen LogP contribution in [0.3, 0.4) is 0 Å². The molecule has 4 aromatic carbocycles. The number of fused-ring (bicyclic) bond motifs is 1. The molecule has 0 amide bonds. The standard InChI is InChI=1S/C27H9BF15N/c1-44-8-5-3-2-4-7(8)6-9(44)28(10-13(29)19(35)25(41)20(36)14(10)30,11-15(31)21(37)26(42)22(38)16(11)32)12-17(33)23(39)27(43)24(40)18(12)34/h2-5H,6H2,1H3. The van der Waals surface area contributed by atoms with Gasteiger partial charge in [-0.1, -0.05) is 18.2 Å². The second-order valence-corrected chi connectivity index (χ2v) is 9.67. The van der Waals surface area contributed by atoms with Crippen LogP contribution in [0.5, 0.6) is 0 Å². The minimum absolute atomic E-state index is 0.0899. The Labute approximate surface area is 235 Å². The Hall–Kier alpha value is -4.44. The molecule has 0 atom stereocenters. The summed E-state index contributed by atoms with van der Waals surface area (Å²) >= 11 is 0.